The van der Waals surface area contributed by atoms with Crippen LogP contribution in [-0.2, 0) is 4.74 Å². The lowest BCUT2D eigenvalue weighted by Gasteiger charge is -2.14. The second-order valence-electron chi connectivity index (χ2n) is 5.25. The summed E-state index contributed by atoms with van der Waals surface area (Å²) in [6, 6.07) is 11.7. The fourth-order valence-electron chi connectivity index (χ4n) is 2.17. The highest BCUT2D eigenvalue weighted by Gasteiger charge is 2.15. The van der Waals surface area contributed by atoms with Crippen LogP contribution in [0.15, 0.2) is 40.9 Å². The van der Waals surface area contributed by atoms with Crippen LogP contribution >= 0.6 is 15.9 Å². The van der Waals surface area contributed by atoms with Gasteiger partial charge < -0.3 is 14.8 Å². The van der Waals surface area contributed by atoms with Gasteiger partial charge >= 0.3 is 5.97 Å². The van der Waals surface area contributed by atoms with Gasteiger partial charge in [0.15, 0.2) is 0 Å². The Morgan fingerprint density at radius 3 is 2.48 bits per heavy atom. The van der Waals surface area contributed by atoms with Crippen molar-refractivity contribution in [1.82, 2.24) is 0 Å². The van der Waals surface area contributed by atoms with Crippen molar-refractivity contribution < 1.29 is 14.3 Å². The minimum absolute atomic E-state index is 0.364. The zero-order chi connectivity index (χ0) is 16.8. The van der Waals surface area contributed by atoms with E-state index >= 15 is 0 Å². The molecule has 0 unspecified atom stereocenters. The van der Waals surface area contributed by atoms with Gasteiger partial charge in [0, 0.05) is 11.0 Å². The number of carbonyl (C=O) groups excluding carboxylic acids is 1. The molecule has 0 amide bonds. The van der Waals surface area contributed by atoms with Crippen LogP contribution in [0.2, 0.25) is 0 Å². The van der Waals surface area contributed by atoms with Crippen LogP contribution in [0.25, 0.3) is 0 Å². The van der Waals surface area contributed by atoms with Crippen LogP contribution in [0.4, 0.5) is 5.69 Å². The summed E-state index contributed by atoms with van der Waals surface area (Å²) in [5, 5.41) is 3.23. The van der Waals surface area contributed by atoms with Gasteiger partial charge in [-0.1, -0.05) is 17.7 Å². The Morgan fingerprint density at radius 2 is 1.83 bits per heavy atom. The van der Waals surface area contributed by atoms with E-state index in [-0.39, 0.29) is 5.97 Å². The van der Waals surface area contributed by atoms with Crippen molar-refractivity contribution >= 4 is 27.6 Å². The minimum Gasteiger partial charge on any atom is -0.492 e. The minimum atomic E-state index is -0.364. The molecule has 0 saturated heterocycles. The molecule has 122 valence electrons. The summed E-state index contributed by atoms with van der Waals surface area (Å²) in [6.07, 6.45) is 0. The van der Waals surface area contributed by atoms with Crippen LogP contribution in [0.5, 0.6) is 5.75 Å². The fraction of sp³-hybridized carbons (Fsp3) is 0.278. The van der Waals surface area contributed by atoms with E-state index in [0.717, 1.165) is 21.5 Å². The number of rotatable bonds is 6. The van der Waals surface area contributed by atoms with Crippen LogP contribution < -0.4 is 10.1 Å². The molecule has 0 saturated carbocycles. The smallest absolute Gasteiger partial charge is 0.340 e. The van der Waals surface area contributed by atoms with Crippen molar-refractivity contribution in [2.24, 2.45) is 0 Å². The van der Waals surface area contributed by atoms with Gasteiger partial charge in [0.2, 0.25) is 0 Å². The van der Waals surface area contributed by atoms with Crippen LogP contribution in [0, 0.1) is 13.8 Å². The Morgan fingerprint density at radius 1 is 1.13 bits per heavy atom. The number of hydrogen-bond donors (Lipinski definition) is 1. The molecule has 4 nitrogen and oxygen atoms in total. The first kappa shape index (κ1) is 17.3. The Bertz CT molecular complexity index is 683. The predicted octanol–water partition coefficient (Wildman–Crippen LogP) is 4.34. The zero-order valence-corrected chi connectivity index (χ0v) is 15.1. The van der Waals surface area contributed by atoms with Gasteiger partial charge in [0.05, 0.1) is 18.4 Å². The molecule has 2 aromatic rings. The average molecular weight is 378 g/mol. The SMILES string of the molecule is COC(=O)c1cc(C)cc(Br)c1NCCOc1ccc(C)cc1. The van der Waals surface area contributed by atoms with E-state index in [4.69, 9.17) is 9.47 Å². The Balaban J connectivity index is 1.99. The molecule has 2 rings (SSSR count). The number of methoxy groups -OCH3 is 1. The van der Waals surface area contributed by atoms with Gasteiger partial charge in [-0.05, 0) is 59.6 Å². The van der Waals surface area contributed by atoms with Crippen molar-refractivity contribution in [1.29, 1.82) is 0 Å². The molecule has 0 aromatic heterocycles. The summed E-state index contributed by atoms with van der Waals surface area (Å²) in [7, 11) is 1.38. The maximum atomic E-state index is 11.9. The lowest BCUT2D eigenvalue weighted by atomic mass is 10.1. The molecule has 0 radical (unpaired) electrons. The summed E-state index contributed by atoms with van der Waals surface area (Å²) in [5.74, 6) is 0.463. The highest BCUT2D eigenvalue weighted by atomic mass is 79.9. The van der Waals surface area contributed by atoms with E-state index in [1.807, 2.05) is 44.2 Å². The van der Waals surface area contributed by atoms with Crippen molar-refractivity contribution in [3.63, 3.8) is 0 Å². The molecule has 0 aliphatic heterocycles. The summed E-state index contributed by atoms with van der Waals surface area (Å²) < 4.78 is 11.3. The Labute approximate surface area is 144 Å². The molecule has 0 heterocycles. The van der Waals surface area contributed by atoms with E-state index < -0.39 is 0 Å². The van der Waals surface area contributed by atoms with Crippen molar-refractivity contribution in [3.8, 4) is 5.75 Å². The largest absolute Gasteiger partial charge is 0.492 e. The number of aryl methyl sites for hydroxylation is 2. The lowest BCUT2D eigenvalue weighted by Crippen LogP contribution is -2.15. The molecule has 23 heavy (non-hydrogen) atoms. The normalized spacial score (nSPS) is 10.3. The number of benzene rings is 2. The number of anilines is 1. The van der Waals surface area contributed by atoms with E-state index in [2.05, 4.69) is 21.2 Å². The van der Waals surface area contributed by atoms with Crippen LogP contribution in [0.1, 0.15) is 21.5 Å². The summed E-state index contributed by atoms with van der Waals surface area (Å²) in [6.45, 7) is 5.03. The monoisotopic (exact) mass is 377 g/mol. The molecular weight excluding hydrogens is 358 g/mol. The number of carbonyl (C=O) groups is 1. The molecule has 2 aromatic carbocycles. The first-order valence-corrected chi connectivity index (χ1v) is 8.12. The zero-order valence-electron chi connectivity index (χ0n) is 13.5. The van der Waals surface area contributed by atoms with E-state index in [1.165, 1.54) is 12.7 Å². The van der Waals surface area contributed by atoms with Gasteiger partial charge in [-0.2, -0.15) is 0 Å². The van der Waals surface area contributed by atoms with Gasteiger partial charge in [-0.25, -0.2) is 4.79 Å². The van der Waals surface area contributed by atoms with E-state index in [1.54, 1.807) is 6.07 Å². The highest BCUT2D eigenvalue weighted by molar-refractivity contribution is 9.10. The second kappa shape index (κ2) is 8.02. The number of nitrogens with one attached hydrogen (secondary N) is 1. The highest BCUT2D eigenvalue weighted by Crippen LogP contribution is 2.28. The third-order valence-corrected chi connectivity index (χ3v) is 3.96. The molecule has 0 atom stereocenters. The summed E-state index contributed by atoms with van der Waals surface area (Å²) in [5.41, 5.74) is 3.41. The summed E-state index contributed by atoms with van der Waals surface area (Å²) >= 11 is 3.49. The molecular formula is C18H20BrNO3. The third-order valence-electron chi connectivity index (χ3n) is 3.33. The van der Waals surface area contributed by atoms with Crippen LogP contribution in [0.3, 0.4) is 0 Å². The van der Waals surface area contributed by atoms with E-state index in [0.29, 0.717) is 18.7 Å². The lowest BCUT2D eigenvalue weighted by molar-refractivity contribution is 0.0601. The van der Waals surface area contributed by atoms with Gasteiger partial charge in [0.25, 0.3) is 0 Å². The molecule has 1 N–H and O–H groups in total. The van der Waals surface area contributed by atoms with Gasteiger partial charge in [0.1, 0.15) is 12.4 Å². The Kier molecular flexibility index (Phi) is 6.04. The fourth-order valence-corrected chi connectivity index (χ4v) is 2.89. The van der Waals surface area contributed by atoms with Crippen LogP contribution in [-0.4, -0.2) is 26.2 Å². The number of halogens is 1. The van der Waals surface area contributed by atoms with Gasteiger partial charge in [-0.3, -0.25) is 0 Å². The Hall–Kier alpha value is -2.01. The number of ether oxygens (including phenoxy) is 2. The second-order valence-corrected chi connectivity index (χ2v) is 6.10. The molecule has 0 spiro atoms. The topological polar surface area (TPSA) is 47.6 Å². The number of esters is 1. The molecule has 5 heteroatoms. The first-order valence-electron chi connectivity index (χ1n) is 7.33. The average Bonchev–Trinajstić information content (AvgIpc) is 2.53. The quantitative estimate of drug-likeness (QED) is 0.600. The predicted molar refractivity (Wildman–Crippen MR) is 95.4 cm³/mol. The maximum Gasteiger partial charge on any atom is 0.340 e. The first-order chi connectivity index (χ1) is 11.0. The molecule has 0 aliphatic rings. The van der Waals surface area contributed by atoms with Crippen molar-refractivity contribution in [2.45, 2.75) is 13.8 Å². The van der Waals surface area contributed by atoms with E-state index in [9.17, 15) is 4.79 Å². The van der Waals surface area contributed by atoms with Crippen molar-refractivity contribution in [2.75, 3.05) is 25.6 Å². The maximum absolute atomic E-state index is 11.9. The number of hydrogen-bond acceptors (Lipinski definition) is 4. The molecule has 0 aliphatic carbocycles. The molecule has 0 fully saturated rings. The third kappa shape index (κ3) is 4.73. The summed E-state index contributed by atoms with van der Waals surface area (Å²) in [4.78, 5) is 11.9. The van der Waals surface area contributed by atoms with Gasteiger partial charge in [-0.15, -0.1) is 0 Å². The molecule has 0 bridgehead atoms. The van der Waals surface area contributed by atoms with Crippen molar-refractivity contribution in [3.05, 3.63) is 57.6 Å². The standard InChI is InChI=1S/C18H20BrNO3/c1-12-4-6-14(7-5-12)23-9-8-20-17-15(18(21)22-3)10-13(2)11-16(17)19/h4-7,10-11,20H,8-9H2,1-3H3.